The Hall–Kier alpha value is -3.45. The fourth-order valence-corrected chi connectivity index (χ4v) is 3.76. The summed E-state index contributed by atoms with van der Waals surface area (Å²) in [5, 5.41) is 0. The minimum Gasteiger partial charge on any atom is -0.463 e. The number of hydrogen-bond donors (Lipinski definition) is 1. The second kappa shape index (κ2) is 19.6. The summed E-state index contributed by atoms with van der Waals surface area (Å²) in [6.45, 7) is 2.34. The molecule has 38 heavy (non-hydrogen) atoms. The minimum atomic E-state index is -0.441. The highest BCUT2D eigenvalue weighted by atomic mass is 16.6. The summed E-state index contributed by atoms with van der Waals surface area (Å²) in [5.41, 5.74) is 5.08. The maximum Gasteiger partial charge on any atom is 0.351 e. The Bertz CT molecular complexity index is 1050. The van der Waals surface area contributed by atoms with Crippen LogP contribution in [0.5, 0.6) is 0 Å². The maximum atomic E-state index is 12.0. The topological polar surface area (TPSA) is 96.4 Å². The van der Waals surface area contributed by atoms with Gasteiger partial charge in [0.05, 0.1) is 6.10 Å². The van der Waals surface area contributed by atoms with E-state index >= 15 is 0 Å². The van der Waals surface area contributed by atoms with Gasteiger partial charge in [-0.25, -0.2) is 4.79 Å². The molecule has 1 saturated heterocycles. The van der Waals surface area contributed by atoms with Crippen molar-refractivity contribution in [3.63, 3.8) is 0 Å². The molecular formula is C31H43N3O4. The van der Waals surface area contributed by atoms with E-state index in [0.717, 1.165) is 38.5 Å². The van der Waals surface area contributed by atoms with E-state index in [9.17, 15) is 9.59 Å². The Kier molecular flexibility index (Phi) is 15.9. The number of allylic oxidation sites excluding steroid dienone is 12. The molecule has 2 rings (SSSR count). The molecular weight excluding hydrogens is 478 g/mol. The molecule has 0 saturated carbocycles. The van der Waals surface area contributed by atoms with Crippen LogP contribution in [-0.4, -0.2) is 28.2 Å². The molecule has 0 radical (unpaired) electrons. The second-order valence-electron chi connectivity index (χ2n) is 8.97. The first-order valence-corrected chi connectivity index (χ1v) is 13.7. The number of nitrogen functional groups attached to an aromatic ring is 1. The molecule has 0 aliphatic carbocycles. The molecule has 1 aromatic heterocycles. The number of aromatic nitrogens is 2. The Morgan fingerprint density at radius 2 is 1.50 bits per heavy atom. The van der Waals surface area contributed by atoms with Crippen molar-refractivity contribution in [2.75, 3.05) is 12.3 Å². The van der Waals surface area contributed by atoms with Crippen LogP contribution in [0.2, 0.25) is 0 Å². The smallest absolute Gasteiger partial charge is 0.351 e. The van der Waals surface area contributed by atoms with Crippen LogP contribution in [0.1, 0.15) is 77.4 Å². The molecule has 2 atom stereocenters. The van der Waals surface area contributed by atoms with Crippen molar-refractivity contribution < 1.29 is 14.3 Å². The average Bonchev–Trinajstić information content (AvgIpc) is 3.37. The Labute approximate surface area is 227 Å². The fraction of sp³-hybridized carbons (Fsp3) is 0.452. The lowest BCUT2D eigenvalue weighted by Crippen LogP contribution is -2.28. The fourth-order valence-electron chi connectivity index (χ4n) is 3.76. The van der Waals surface area contributed by atoms with Crippen LogP contribution in [0, 0.1) is 0 Å². The van der Waals surface area contributed by atoms with Crippen molar-refractivity contribution in [3.8, 4) is 0 Å². The molecule has 0 amide bonds. The quantitative estimate of drug-likeness (QED) is 0.185. The summed E-state index contributed by atoms with van der Waals surface area (Å²) in [6, 6.07) is 1.56. The lowest BCUT2D eigenvalue weighted by atomic mass is 10.2. The van der Waals surface area contributed by atoms with Gasteiger partial charge in [-0.1, -0.05) is 79.8 Å². The van der Waals surface area contributed by atoms with E-state index in [1.807, 2.05) is 6.08 Å². The van der Waals surface area contributed by atoms with Crippen molar-refractivity contribution in [3.05, 3.63) is 95.7 Å². The predicted molar refractivity (Wildman–Crippen MR) is 154 cm³/mol. The second-order valence-corrected chi connectivity index (χ2v) is 8.97. The van der Waals surface area contributed by atoms with Gasteiger partial charge in [-0.15, -0.1) is 0 Å². The lowest BCUT2D eigenvalue weighted by Gasteiger charge is -2.15. The number of hydrogen-bond acceptors (Lipinski definition) is 6. The van der Waals surface area contributed by atoms with Gasteiger partial charge in [-0.3, -0.25) is 9.36 Å². The van der Waals surface area contributed by atoms with Crippen molar-refractivity contribution in [2.24, 2.45) is 0 Å². The number of carbonyl (C=O) groups is 1. The molecule has 2 heterocycles. The van der Waals surface area contributed by atoms with Crippen molar-refractivity contribution in [1.29, 1.82) is 0 Å². The zero-order valence-corrected chi connectivity index (χ0v) is 22.6. The number of carbonyl (C=O) groups excluding carboxylic acids is 1. The largest absolute Gasteiger partial charge is 0.463 e. The molecule has 1 aliphatic rings. The summed E-state index contributed by atoms with van der Waals surface area (Å²) in [6.07, 6.45) is 35.0. The van der Waals surface area contributed by atoms with Crippen LogP contribution in [0.15, 0.2) is 90.0 Å². The van der Waals surface area contributed by atoms with Crippen molar-refractivity contribution in [1.82, 2.24) is 9.55 Å². The molecule has 1 fully saturated rings. The van der Waals surface area contributed by atoms with Crippen LogP contribution >= 0.6 is 0 Å². The van der Waals surface area contributed by atoms with Crippen LogP contribution < -0.4 is 11.4 Å². The first-order chi connectivity index (χ1) is 18.6. The third-order valence-corrected chi connectivity index (χ3v) is 5.79. The first kappa shape index (κ1) is 30.8. The summed E-state index contributed by atoms with van der Waals surface area (Å²) >= 11 is 0. The van der Waals surface area contributed by atoms with Gasteiger partial charge in [0.2, 0.25) is 0 Å². The van der Waals surface area contributed by atoms with Crippen molar-refractivity contribution in [2.45, 2.75) is 83.5 Å². The third-order valence-electron chi connectivity index (χ3n) is 5.79. The summed E-state index contributed by atoms with van der Waals surface area (Å²) in [4.78, 5) is 27.7. The SMILES string of the molecule is CCC=CCC=CCC=CCC=CCC=CCC=CCCC(=O)OC[C@@H]1CC[C@@H](n2ccc(N)nc2=O)O1. The van der Waals surface area contributed by atoms with E-state index in [2.05, 4.69) is 78.7 Å². The first-order valence-electron chi connectivity index (χ1n) is 13.7. The van der Waals surface area contributed by atoms with E-state index in [0.29, 0.717) is 25.7 Å². The molecule has 7 nitrogen and oxygen atoms in total. The Balaban J connectivity index is 1.46. The Morgan fingerprint density at radius 1 is 0.947 bits per heavy atom. The zero-order valence-electron chi connectivity index (χ0n) is 22.6. The minimum absolute atomic E-state index is 0.182. The van der Waals surface area contributed by atoms with Gasteiger partial charge in [-0.2, -0.15) is 4.98 Å². The molecule has 0 unspecified atom stereocenters. The normalized spacial score (nSPS) is 18.4. The Morgan fingerprint density at radius 3 is 2.05 bits per heavy atom. The molecule has 1 aromatic rings. The van der Waals surface area contributed by atoms with Crippen molar-refractivity contribution >= 4 is 11.8 Å². The van der Waals surface area contributed by atoms with Crippen LogP contribution in [0.4, 0.5) is 5.82 Å². The van der Waals surface area contributed by atoms with Gasteiger partial charge in [0.1, 0.15) is 18.7 Å². The molecule has 0 aromatic carbocycles. The van der Waals surface area contributed by atoms with Gasteiger partial charge in [0.25, 0.3) is 0 Å². The van der Waals surface area contributed by atoms with E-state index < -0.39 is 11.9 Å². The number of anilines is 1. The lowest BCUT2D eigenvalue weighted by molar-refractivity contribution is -0.148. The van der Waals surface area contributed by atoms with Gasteiger partial charge >= 0.3 is 11.7 Å². The molecule has 0 bridgehead atoms. The summed E-state index contributed by atoms with van der Waals surface area (Å²) in [7, 11) is 0. The third kappa shape index (κ3) is 13.7. The molecule has 2 N–H and O–H groups in total. The number of ether oxygens (including phenoxy) is 2. The van der Waals surface area contributed by atoms with Crippen LogP contribution in [0.3, 0.4) is 0 Å². The highest BCUT2D eigenvalue weighted by Crippen LogP contribution is 2.27. The zero-order chi connectivity index (χ0) is 27.3. The highest BCUT2D eigenvalue weighted by Gasteiger charge is 2.28. The number of nitrogens with two attached hydrogens (primary N) is 1. The van der Waals surface area contributed by atoms with E-state index in [4.69, 9.17) is 15.2 Å². The van der Waals surface area contributed by atoms with Gasteiger partial charge in [0.15, 0.2) is 0 Å². The maximum absolute atomic E-state index is 12.0. The number of rotatable bonds is 17. The molecule has 206 valence electrons. The molecule has 0 spiro atoms. The standard InChI is InChI=1S/C31H43N3O4/c1-2-3-4-5-6-7-8-9-10-11-12-13-14-15-16-17-18-19-20-21-30(35)37-26-27-22-23-29(38-27)34-25-24-28(32)33-31(34)36/h3-4,6-7,9-10,12-13,15-16,18-19,24-25,27,29H,2,5,8,11,14,17,20-23,26H2,1H3,(H2,32,33,36)/t27-,29-/m0/s1. The average molecular weight is 522 g/mol. The van der Waals surface area contributed by atoms with Crippen LogP contribution in [0.25, 0.3) is 0 Å². The summed E-state index contributed by atoms with van der Waals surface area (Å²) < 4.78 is 12.6. The van der Waals surface area contributed by atoms with Crippen LogP contribution in [-0.2, 0) is 14.3 Å². The van der Waals surface area contributed by atoms with E-state index in [-0.39, 0.29) is 24.5 Å². The monoisotopic (exact) mass is 521 g/mol. The highest BCUT2D eigenvalue weighted by molar-refractivity contribution is 5.69. The summed E-state index contributed by atoms with van der Waals surface area (Å²) in [5.74, 6) is -0.0652. The van der Waals surface area contributed by atoms with E-state index in [1.165, 1.54) is 4.57 Å². The number of esters is 1. The molecule has 7 heteroatoms. The molecule has 1 aliphatic heterocycles. The predicted octanol–water partition coefficient (Wildman–Crippen LogP) is 6.52. The van der Waals surface area contributed by atoms with Gasteiger partial charge < -0.3 is 15.2 Å². The van der Waals surface area contributed by atoms with E-state index in [1.54, 1.807) is 12.3 Å². The van der Waals surface area contributed by atoms with Gasteiger partial charge in [-0.05, 0) is 63.9 Å². The number of nitrogens with zero attached hydrogens (tertiary/aromatic N) is 2. The van der Waals surface area contributed by atoms with Gasteiger partial charge in [0, 0.05) is 12.6 Å².